The number of esters is 1. The molecule has 0 aromatic carbocycles. The molecular formula is C13H17N5O2S. The van der Waals surface area contributed by atoms with Crippen LogP contribution in [0, 0.1) is 5.92 Å². The second kappa shape index (κ2) is 5.61. The summed E-state index contributed by atoms with van der Waals surface area (Å²) in [6.45, 7) is 0. The minimum Gasteiger partial charge on any atom is -0.468 e. The highest BCUT2D eigenvalue weighted by Gasteiger charge is 2.51. The number of rotatable bonds is 6. The van der Waals surface area contributed by atoms with Crippen molar-refractivity contribution >= 4 is 28.9 Å². The maximum Gasteiger partial charge on any atom is 0.327 e. The number of carbonyl (C=O) groups excluding carboxylic acids is 1. The largest absolute Gasteiger partial charge is 0.468 e. The zero-order chi connectivity index (χ0) is 14.9. The third-order valence-electron chi connectivity index (χ3n) is 3.89. The van der Waals surface area contributed by atoms with Gasteiger partial charge in [-0.3, -0.25) is 4.79 Å². The zero-order valence-corrected chi connectivity index (χ0v) is 12.7. The molecule has 1 fully saturated rings. The van der Waals surface area contributed by atoms with Crippen LogP contribution in [0.25, 0.3) is 11.2 Å². The summed E-state index contributed by atoms with van der Waals surface area (Å²) in [6.07, 6.45) is 5.16. The highest BCUT2D eigenvalue weighted by Crippen LogP contribution is 2.43. The van der Waals surface area contributed by atoms with Crippen LogP contribution in [0.15, 0.2) is 17.7 Å². The van der Waals surface area contributed by atoms with Crippen molar-refractivity contribution in [3.63, 3.8) is 0 Å². The van der Waals surface area contributed by atoms with Gasteiger partial charge < -0.3 is 15.0 Å². The van der Waals surface area contributed by atoms with Gasteiger partial charge in [-0.25, -0.2) is 15.0 Å². The zero-order valence-electron chi connectivity index (χ0n) is 11.9. The van der Waals surface area contributed by atoms with Gasteiger partial charge in [-0.1, -0.05) is 0 Å². The Bertz CT molecular complexity index is 657. The molecule has 0 spiro atoms. The number of fused-ring (bicyclic) bond motifs is 1. The molecule has 1 atom stereocenters. The monoisotopic (exact) mass is 307 g/mol. The number of aromatic nitrogens is 4. The molecule has 8 heteroatoms. The molecule has 2 aromatic rings. The summed E-state index contributed by atoms with van der Waals surface area (Å²) >= 11 is 1.51. The first-order valence-electron chi connectivity index (χ1n) is 6.75. The lowest BCUT2D eigenvalue weighted by Gasteiger charge is -2.30. The molecule has 1 unspecified atom stereocenters. The summed E-state index contributed by atoms with van der Waals surface area (Å²) in [5.74, 6) is 0.669. The molecule has 1 aliphatic carbocycles. The Hall–Kier alpha value is -1.67. The molecule has 3 rings (SSSR count). The highest BCUT2D eigenvalue weighted by atomic mass is 32.2. The summed E-state index contributed by atoms with van der Waals surface area (Å²) in [4.78, 5) is 27.8. The first-order chi connectivity index (χ1) is 10.2. The van der Waals surface area contributed by atoms with E-state index in [0.29, 0.717) is 17.3 Å². The van der Waals surface area contributed by atoms with Gasteiger partial charge in [-0.05, 0) is 25.8 Å². The van der Waals surface area contributed by atoms with Crippen molar-refractivity contribution in [2.75, 3.05) is 19.9 Å². The molecule has 21 heavy (non-hydrogen) atoms. The van der Waals surface area contributed by atoms with Crippen LogP contribution < -0.4 is 5.32 Å². The van der Waals surface area contributed by atoms with Gasteiger partial charge in [-0.15, -0.1) is 11.8 Å². The molecule has 2 heterocycles. The molecule has 0 radical (unpaired) electrons. The van der Waals surface area contributed by atoms with E-state index in [1.807, 2.05) is 7.05 Å². The second-order valence-corrected chi connectivity index (χ2v) is 6.02. The van der Waals surface area contributed by atoms with Crippen LogP contribution in [0.3, 0.4) is 0 Å². The van der Waals surface area contributed by atoms with Crippen molar-refractivity contribution in [1.29, 1.82) is 0 Å². The van der Waals surface area contributed by atoms with Gasteiger partial charge in [-0.2, -0.15) is 0 Å². The molecule has 0 saturated heterocycles. The van der Waals surface area contributed by atoms with E-state index in [0.717, 1.165) is 23.4 Å². The van der Waals surface area contributed by atoms with Crippen molar-refractivity contribution in [2.45, 2.75) is 23.4 Å². The number of methoxy groups -OCH3 is 1. The summed E-state index contributed by atoms with van der Waals surface area (Å²) in [7, 11) is 3.24. The van der Waals surface area contributed by atoms with Crippen molar-refractivity contribution in [2.24, 2.45) is 5.92 Å². The van der Waals surface area contributed by atoms with Crippen molar-refractivity contribution in [1.82, 2.24) is 25.3 Å². The van der Waals surface area contributed by atoms with E-state index in [-0.39, 0.29) is 5.97 Å². The highest BCUT2D eigenvalue weighted by molar-refractivity contribution is 7.99. The van der Waals surface area contributed by atoms with Crippen LogP contribution in [0.5, 0.6) is 0 Å². The van der Waals surface area contributed by atoms with E-state index in [1.165, 1.54) is 25.2 Å². The Morgan fingerprint density at radius 1 is 1.52 bits per heavy atom. The van der Waals surface area contributed by atoms with E-state index in [9.17, 15) is 4.79 Å². The Balaban J connectivity index is 1.84. The van der Waals surface area contributed by atoms with Crippen molar-refractivity contribution in [3.05, 3.63) is 12.7 Å². The maximum absolute atomic E-state index is 12.2. The topological polar surface area (TPSA) is 92.8 Å². The van der Waals surface area contributed by atoms with Crippen molar-refractivity contribution in [3.8, 4) is 0 Å². The maximum atomic E-state index is 12.2. The van der Waals surface area contributed by atoms with E-state index in [2.05, 4.69) is 25.3 Å². The predicted octanol–water partition coefficient (Wildman–Crippen LogP) is 0.986. The number of aromatic amines is 1. The van der Waals surface area contributed by atoms with Gasteiger partial charge in [0.1, 0.15) is 22.4 Å². The molecule has 2 N–H and O–H groups in total. The lowest BCUT2D eigenvalue weighted by Crippen LogP contribution is -2.55. The number of thioether (sulfide) groups is 1. The van der Waals surface area contributed by atoms with Gasteiger partial charge in [0.2, 0.25) is 0 Å². The number of likely N-dealkylation sites (N-methyl/N-ethyl adjacent to an activating group) is 1. The number of hydrogen-bond donors (Lipinski definition) is 2. The normalized spacial score (nSPS) is 17.6. The SMILES string of the molecule is CNC(CSc1ncnc2nc[nH]c12)(C(=O)OC)C1CC1. The molecule has 0 amide bonds. The molecule has 112 valence electrons. The van der Waals surface area contributed by atoms with Crippen LogP contribution in [0.1, 0.15) is 12.8 Å². The van der Waals surface area contributed by atoms with Crippen LogP contribution in [0.4, 0.5) is 0 Å². The van der Waals surface area contributed by atoms with Crippen LogP contribution >= 0.6 is 11.8 Å². The summed E-state index contributed by atoms with van der Waals surface area (Å²) < 4.78 is 5.00. The fourth-order valence-electron chi connectivity index (χ4n) is 2.51. The first kappa shape index (κ1) is 14.3. The average Bonchev–Trinajstić information content (AvgIpc) is 3.25. The molecule has 1 saturated carbocycles. The lowest BCUT2D eigenvalue weighted by molar-refractivity contribution is -0.148. The Labute approximate surface area is 126 Å². The first-order valence-corrected chi connectivity index (χ1v) is 7.74. The van der Waals surface area contributed by atoms with Gasteiger partial charge >= 0.3 is 5.97 Å². The van der Waals surface area contributed by atoms with Crippen LogP contribution in [-0.4, -0.2) is 51.4 Å². The van der Waals surface area contributed by atoms with E-state index >= 15 is 0 Å². The van der Waals surface area contributed by atoms with E-state index in [1.54, 1.807) is 6.33 Å². The summed E-state index contributed by atoms with van der Waals surface area (Å²) in [5, 5.41) is 3.97. The van der Waals surface area contributed by atoms with E-state index in [4.69, 9.17) is 4.74 Å². The summed E-state index contributed by atoms with van der Waals surface area (Å²) in [6, 6.07) is 0. The van der Waals surface area contributed by atoms with Gasteiger partial charge in [0.25, 0.3) is 0 Å². The molecular weight excluding hydrogens is 290 g/mol. The lowest BCUT2D eigenvalue weighted by atomic mass is 9.96. The number of nitrogens with zero attached hydrogens (tertiary/aromatic N) is 3. The number of hydrogen-bond acceptors (Lipinski definition) is 7. The number of ether oxygens (including phenoxy) is 1. The quantitative estimate of drug-likeness (QED) is 0.467. The smallest absolute Gasteiger partial charge is 0.327 e. The molecule has 0 aliphatic heterocycles. The van der Waals surface area contributed by atoms with Crippen LogP contribution in [-0.2, 0) is 9.53 Å². The molecule has 7 nitrogen and oxygen atoms in total. The Morgan fingerprint density at radius 3 is 3.00 bits per heavy atom. The standard InChI is InChI=1S/C13H17N5O2S/c1-14-13(8-3-4-8,12(19)20-2)5-21-11-9-10(16-6-15-9)17-7-18-11/h6-8,14H,3-5H2,1-2H3,(H,15,16,17,18). The van der Waals surface area contributed by atoms with E-state index < -0.39 is 5.54 Å². The van der Waals surface area contributed by atoms with Gasteiger partial charge in [0, 0.05) is 5.75 Å². The minimum atomic E-state index is -0.656. The Kier molecular flexibility index (Phi) is 3.81. The number of imidazole rings is 1. The average molecular weight is 307 g/mol. The number of carbonyl (C=O) groups is 1. The second-order valence-electron chi connectivity index (χ2n) is 5.06. The third-order valence-corrected chi connectivity index (χ3v) is 5.08. The Morgan fingerprint density at radius 2 is 2.33 bits per heavy atom. The van der Waals surface area contributed by atoms with Gasteiger partial charge in [0.15, 0.2) is 5.65 Å². The number of H-pyrrole nitrogens is 1. The third kappa shape index (κ3) is 2.49. The molecule has 0 bridgehead atoms. The number of nitrogens with one attached hydrogen (secondary N) is 2. The predicted molar refractivity (Wildman–Crippen MR) is 78.9 cm³/mol. The van der Waals surface area contributed by atoms with Crippen LogP contribution in [0.2, 0.25) is 0 Å². The molecule has 2 aromatic heterocycles. The van der Waals surface area contributed by atoms with Crippen molar-refractivity contribution < 1.29 is 9.53 Å². The van der Waals surface area contributed by atoms with Gasteiger partial charge in [0.05, 0.1) is 13.4 Å². The molecule has 1 aliphatic rings. The fraction of sp³-hybridized carbons (Fsp3) is 0.538. The summed E-state index contributed by atoms with van der Waals surface area (Å²) in [5.41, 5.74) is 0.775. The fourth-order valence-corrected chi connectivity index (χ4v) is 3.79. The minimum absolute atomic E-state index is 0.213.